The lowest BCUT2D eigenvalue weighted by Gasteiger charge is -2.46. The molecule has 158 valence electrons. The zero-order valence-electron chi connectivity index (χ0n) is 17.7. The number of nitrogens with zero attached hydrogens (tertiary/aromatic N) is 3. The molecule has 1 aromatic carbocycles. The molecule has 1 saturated carbocycles. The number of rotatable bonds is 6. The van der Waals surface area contributed by atoms with Gasteiger partial charge in [0.2, 0.25) is 10.0 Å². The highest BCUT2D eigenvalue weighted by Crippen LogP contribution is 2.32. The van der Waals surface area contributed by atoms with E-state index < -0.39 is 10.0 Å². The van der Waals surface area contributed by atoms with E-state index in [1.54, 1.807) is 42.7 Å². The third-order valence-electron chi connectivity index (χ3n) is 6.68. The fourth-order valence-electron chi connectivity index (χ4n) is 4.76. The van der Waals surface area contributed by atoms with Crippen molar-refractivity contribution in [3.05, 3.63) is 24.3 Å². The highest BCUT2D eigenvalue weighted by atomic mass is 32.2. The minimum Gasteiger partial charge on any atom is -0.497 e. The van der Waals surface area contributed by atoms with Gasteiger partial charge in [0.25, 0.3) is 0 Å². The Morgan fingerprint density at radius 2 is 1.54 bits per heavy atom. The minimum atomic E-state index is -3.53. The van der Waals surface area contributed by atoms with Crippen LogP contribution in [0.25, 0.3) is 0 Å². The average Bonchev–Trinajstić information content (AvgIpc) is 2.73. The maximum absolute atomic E-state index is 13.3. The molecule has 1 aromatic rings. The Morgan fingerprint density at radius 3 is 2.11 bits per heavy atom. The number of hydrogen-bond acceptors (Lipinski definition) is 5. The first-order valence-electron chi connectivity index (χ1n) is 10.4. The van der Waals surface area contributed by atoms with Crippen molar-refractivity contribution < 1.29 is 13.2 Å². The van der Waals surface area contributed by atoms with E-state index in [1.807, 2.05) is 0 Å². The van der Waals surface area contributed by atoms with E-state index in [4.69, 9.17) is 4.74 Å². The van der Waals surface area contributed by atoms with Gasteiger partial charge in [-0.2, -0.15) is 4.31 Å². The summed E-state index contributed by atoms with van der Waals surface area (Å²) in [4.78, 5) is 5.20. The molecular weight excluding hydrogens is 374 g/mol. The first-order valence-corrected chi connectivity index (χ1v) is 11.8. The molecule has 0 bridgehead atoms. The van der Waals surface area contributed by atoms with Crippen LogP contribution in [-0.2, 0) is 10.0 Å². The van der Waals surface area contributed by atoms with Gasteiger partial charge in [-0.1, -0.05) is 12.8 Å². The lowest BCUT2D eigenvalue weighted by Crippen LogP contribution is -2.56. The molecular formula is C21H35N3O3S. The van der Waals surface area contributed by atoms with Crippen LogP contribution in [0.15, 0.2) is 29.2 Å². The maximum Gasteiger partial charge on any atom is 0.243 e. The van der Waals surface area contributed by atoms with Crippen molar-refractivity contribution in [2.45, 2.75) is 61.5 Å². The van der Waals surface area contributed by atoms with Crippen LogP contribution in [-0.4, -0.2) is 82.0 Å². The molecule has 0 spiro atoms. The second-order valence-corrected chi connectivity index (χ2v) is 10.3. The number of sulfonamides is 1. The topological polar surface area (TPSA) is 53.1 Å². The zero-order chi connectivity index (χ0) is 20.3. The standard InChI is InChI=1S/C21H35N3O3S/c1-22-15-13-17(14-16-22)23(2)20-7-5-6-8-21(20)24(3)28(25,26)19-11-9-18(27-4)10-12-19/h9-12,17,20-21H,5-8,13-16H2,1-4H3/t20-,21+/m1/s1. The summed E-state index contributed by atoms with van der Waals surface area (Å²) in [7, 11) is 4.19. The van der Waals surface area contributed by atoms with Gasteiger partial charge < -0.3 is 9.64 Å². The highest BCUT2D eigenvalue weighted by Gasteiger charge is 2.39. The predicted octanol–water partition coefficient (Wildman–Crippen LogP) is 2.65. The number of hydrogen-bond donors (Lipinski definition) is 0. The second kappa shape index (κ2) is 9.11. The van der Waals surface area contributed by atoms with Crippen molar-refractivity contribution in [1.29, 1.82) is 0 Å². The maximum atomic E-state index is 13.3. The van der Waals surface area contributed by atoms with E-state index in [1.165, 1.54) is 6.42 Å². The number of likely N-dealkylation sites (tertiary alicyclic amines) is 1. The SMILES string of the molecule is COc1ccc(S(=O)(=O)N(C)[C@H]2CCCC[C@H]2N(C)C2CCN(C)CC2)cc1. The molecule has 2 aliphatic rings. The van der Waals surface area contributed by atoms with Crippen LogP contribution in [0.2, 0.25) is 0 Å². The summed E-state index contributed by atoms with van der Waals surface area (Å²) in [6.07, 6.45) is 6.57. The van der Waals surface area contributed by atoms with Crippen molar-refractivity contribution in [2.75, 3.05) is 41.3 Å². The van der Waals surface area contributed by atoms with Gasteiger partial charge in [0, 0.05) is 25.2 Å². The van der Waals surface area contributed by atoms with Crippen molar-refractivity contribution in [2.24, 2.45) is 0 Å². The van der Waals surface area contributed by atoms with Crippen molar-refractivity contribution in [3.63, 3.8) is 0 Å². The first-order chi connectivity index (χ1) is 13.3. The number of likely N-dealkylation sites (N-methyl/N-ethyl adjacent to an activating group) is 2. The third kappa shape index (κ3) is 4.53. The molecule has 1 aliphatic heterocycles. The van der Waals surface area contributed by atoms with Crippen molar-refractivity contribution in [3.8, 4) is 5.75 Å². The molecule has 28 heavy (non-hydrogen) atoms. The number of ether oxygens (including phenoxy) is 1. The van der Waals surface area contributed by atoms with Crippen LogP contribution in [0, 0.1) is 0 Å². The second-order valence-electron chi connectivity index (χ2n) is 8.32. The van der Waals surface area contributed by atoms with Crippen LogP contribution in [0.5, 0.6) is 5.75 Å². The molecule has 0 radical (unpaired) electrons. The molecule has 0 unspecified atom stereocenters. The van der Waals surface area contributed by atoms with Crippen LogP contribution in [0.3, 0.4) is 0 Å². The molecule has 2 atom stereocenters. The Kier molecular flexibility index (Phi) is 7.02. The zero-order valence-corrected chi connectivity index (χ0v) is 18.5. The fourth-order valence-corrected chi connectivity index (χ4v) is 6.17. The van der Waals surface area contributed by atoms with Gasteiger partial charge in [-0.05, 0) is 77.1 Å². The van der Waals surface area contributed by atoms with E-state index in [2.05, 4.69) is 23.9 Å². The molecule has 6 nitrogen and oxygen atoms in total. The molecule has 2 fully saturated rings. The Morgan fingerprint density at radius 1 is 0.964 bits per heavy atom. The first kappa shape index (κ1) is 21.6. The average molecular weight is 410 g/mol. The Hall–Kier alpha value is -1.15. The summed E-state index contributed by atoms with van der Waals surface area (Å²) < 4.78 is 33.3. The lowest BCUT2D eigenvalue weighted by atomic mass is 9.87. The van der Waals surface area contributed by atoms with Crippen LogP contribution < -0.4 is 4.74 Å². The monoisotopic (exact) mass is 409 g/mol. The van der Waals surface area contributed by atoms with E-state index in [0.29, 0.717) is 16.7 Å². The third-order valence-corrected chi connectivity index (χ3v) is 8.58. The Bertz CT molecular complexity index is 730. The van der Waals surface area contributed by atoms with Gasteiger partial charge in [-0.3, -0.25) is 4.90 Å². The van der Waals surface area contributed by atoms with E-state index in [-0.39, 0.29) is 12.1 Å². The quantitative estimate of drug-likeness (QED) is 0.723. The molecule has 0 aromatic heterocycles. The normalized spacial score (nSPS) is 25.4. The summed E-state index contributed by atoms with van der Waals surface area (Å²) in [6, 6.07) is 7.55. The van der Waals surface area contributed by atoms with Crippen molar-refractivity contribution in [1.82, 2.24) is 14.1 Å². The molecule has 1 aliphatic carbocycles. The summed E-state index contributed by atoms with van der Waals surface area (Å²) in [5, 5.41) is 0. The molecule has 3 rings (SSSR count). The van der Waals surface area contributed by atoms with Gasteiger partial charge >= 0.3 is 0 Å². The summed E-state index contributed by atoms with van der Waals surface area (Å²) >= 11 is 0. The van der Waals surface area contributed by atoms with E-state index >= 15 is 0 Å². The number of benzene rings is 1. The van der Waals surface area contributed by atoms with Gasteiger partial charge in [0.1, 0.15) is 5.75 Å². The summed E-state index contributed by atoms with van der Waals surface area (Å²) in [6.45, 7) is 2.23. The Labute approximate surface area is 170 Å². The smallest absolute Gasteiger partial charge is 0.243 e. The minimum absolute atomic E-state index is 0.0190. The molecule has 1 heterocycles. The molecule has 7 heteroatoms. The van der Waals surface area contributed by atoms with Crippen LogP contribution in [0.1, 0.15) is 38.5 Å². The van der Waals surface area contributed by atoms with Gasteiger partial charge in [0.15, 0.2) is 0 Å². The van der Waals surface area contributed by atoms with E-state index in [0.717, 1.165) is 45.2 Å². The summed E-state index contributed by atoms with van der Waals surface area (Å²) in [5.41, 5.74) is 0. The van der Waals surface area contributed by atoms with Gasteiger partial charge in [0.05, 0.1) is 12.0 Å². The lowest BCUT2D eigenvalue weighted by molar-refractivity contribution is 0.0534. The Balaban J connectivity index is 1.78. The van der Waals surface area contributed by atoms with Crippen LogP contribution in [0.4, 0.5) is 0 Å². The predicted molar refractivity (Wildman–Crippen MR) is 112 cm³/mol. The largest absolute Gasteiger partial charge is 0.497 e. The fraction of sp³-hybridized carbons (Fsp3) is 0.714. The van der Waals surface area contributed by atoms with Gasteiger partial charge in [-0.15, -0.1) is 0 Å². The van der Waals surface area contributed by atoms with Gasteiger partial charge in [-0.25, -0.2) is 8.42 Å². The molecule has 0 amide bonds. The van der Waals surface area contributed by atoms with Crippen LogP contribution >= 0.6 is 0 Å². The number of methoxy groups -OCH3 is 1. The molecule has 1 saturated heterocycles. The van der Waals surface area contributed by atoms with E-state index in [9.17, 15) is 8.42 Å². The highest BCUT2D eigenvalue weighted by molar-refractivity contribution is 7.89. The van der Waals surface area contributed by atoms with Crippen molar-refractivity contribution >= 4 is 10.0 Å². The summed E-state index contributed by atoms with van der Waals surface area (Å²) in [5.74, 6) is 0.666. The number of piperidine rings is 1. The molecule has 0 N–H and O–H groups in total.